The van der Waals surface area contributed by atoms with Crippen LogP contribution in [0.4, 0.5) is 0 Å². The van der Waals surface area contributed by atoms with Crippen molar-refractivity contribution in [3.05, 3.63) is 71.8 Å². The van der Waals surface area contributed by atoms with Gasteiger partial charge in [0.15, 0.2) is 0 Å². The number of aryl methyl sites for hydroxylation is 3. The van der Waals surface area contributed by atoms with Crippen molar-refractivity contribution >= 4 is 88.4 Å². The second kappa shape index (κ2) is 6.66. The zero-order chi connectivity index (χ0) is 24.7. The Morgan fingerprint density at radius 3 is 2.22 bits per heavy atom. The number of rotatable bonds is 1. The average Bonchev–Trinajstić information content (AvgIpc) is 3.56. The van der Waals surface area contributed by atoms with E-state index in [1.165, 1.54) is 69.4 Å². The molecule has 5 heterocycles. The predicted molar refractivity (Wildman–Crippen MR) is 159 cm³/mol. The van der Waals surface area contributed by atoms with Gasteiger partial charge in [-0.1, -0.05) is 30.3 Å². The minimum atomic E-state index is 0.143. The molecule has 7 heteroatoms. The van der Waals surface area contributed by atoms with E-state index in [2.05, 4.69) is 90.8 Å². The highest BCUT2D eigenvalue weighted by Crippen LogP contribution is 2.41. The van der Waals surface area contributed by atoms with Crippen LogP contribution in [-0.2, 0) is 0 Å². The SMILES string of the molecule is CSc1cc2c3c(nc(C)n3-c3cccc4c3B2c2cc3sc5ccccc5c3c3nc(C)n-4c23)c1C. The lowest BCUT2D eigenvalue weighted by Crippen LogP contribution is -2.59. The number of thiophene rings is 1. The maximum atomic E-state index is 5.25. The van der Waals surface area contributed by atoms with E-state index < -0.39 is 0 Å². The molecule has 0 N–H and O–H groups in total. The van der Waals surface area contributed by atoms with Crippen molar-refractivity contribution < 1.29 is 0 Å². The molecule has 0 radical (unpaired) electrons. The van der Waals surface area contributed by atoms with Crippen LogP contribution in [0.2, 0.25) is 0 Å². The lowest BCUT2D eigenvalue weighted by molar-refractivity contribution is 0.981. The van der Waals surface area contributed by atoms with E-state index in [0.717, 1.165) is 22.7 Å². The zero-order valence-corrected chi connectivity index (χ0v) is 22.5. The molecule has 0 unspecified atom stereocenters. The van der Waals surface area contributed by atoms with Gasteiger partial charge in [0.25, 0.3) is 6.71 Å². The normalized spacial score (nSPS) is 13.5. The van der Waals surface area contributed by atoms with E-state index in [1.54, 1.807) is 0 Å². The molecular formula is C30H21BN4S2. The number of thioether (sulfide) groups is 1. The van der Waals surface area contributed by atoms with Crippen molar-refractivity contribution in [2.75, 3.05) is 6.26 Å². The third-order valence-corrected chi connectivity index (χ3v) is 10.4. The minimum Gasteiger partial charge on any atom is -0.297 e. The molecule has 2 aliphatic heterocycles. The lowest BCUT2D eigenvalue weighted by atomic mass is 9.34. The third-order valence-electron chi connectivity index (χ3n) is 8.47. The minimum absolute atomic E-state index is 0.143. The van der Waals surface area contributed by atoms with Crippen LogP contribution < -0.4 is 16.4 Å². The number of benzene rings is 4. The Morgan fingerprint density at radius 1 is 0.784 bits per heavy atom. The van der Waals surface area contributed by atoms with Crippen LogP contribution in [0, 0.1) is 20.8 Å². The fourth-order valence-electron chi connectivity index (χ4n) is 7.03. The summed E-state index contributed by atoms with van der Waals surface area (Å²) in [6.07, 6.45) is 2.17. The molecule has 0 saturated heterocycles. The molecule has 7 aromatic rings. The van der Waals surface area contributed by atoms with Gasteiger partial charge in [-0.3, -0.25) is 9.13 Å². The van der Waals surface area contributed by atoms with Gasteiger partial charge >= 0.3 is 0 Å². The van der Waals surface area contributed by atoms with Gasteiger partial charge in [-0.05, 0) is 73.2 Å². The molecule has 4 aromatic carbocycles. The summed E-state index contributed by atoms with van der Waals surface area (Å²) in [5.74, 6) is 2.08. The predicted octanol–water partition coefficient (Wildman–Crippen LogP) is 5.52. The van der Waals surface area contributed by atoms with E-state index in [1.807, 2.05) is 23.1 Å². The Bertz CT molecular complexity index is 2180. The quantitative estimate of drug-likeness (QED) is 0.215. The topological polar surface area (TPSA) is 35.6 Å². The van der Waals surface area contributed by atoms with Gasteiger partial charge in [-0.25, -0.2) is 9.97 Å². The summed E-state index contributed by atoms with van der Waals surface area (Å²) < 4.78 is 7.44. The van der Waals surface area contributed by atoms with Gasteiger partial charge in [0.05, 0.1) is 22.1 Å². The molecular weight excluding hydrogens is 491 g/mol. The molecule has 9 rings (SSSR count). The molecule has 37 heavy (non-hydrogen) atoms. The van der Waals surface area contributed by atoms with Crippen molar-refractivity contribution in [1.82, 2.24) is 19.1 Å². The Balaban J connectivity index is 1.54. The first-order valence-electron chi connectivity index (χ1n) is 12.6. The molecule has 0 saturated carbocycles. The molecule has 176 valence electrons. The van der Waals surface area contributed by atoms with Crippen LogP contribution in [0.15, 0.2) is 59.5 Å². The summed E-state index contributed by atoms with van der Waals surface area (Å²) >= 11 is 3.70. The third kappa shape index (κ3) is 2.26. The van der Waals surface area contributed by atoms with Gasteiger partial charge in [-0.2, -0.15) is 0 Å². The highest BCUT2D eigenvalue weighted by Gasteiger charge is 2.41. The Kier molecular flexibility index (Phi) is 3.69. The first-order chi connectivity index (χ1) is 18.1. The first-order valence-corrected chi connectivity index (χ1v) is 14.6. The van der Waals surface area contributed by atoms with Gasteiger partial charge in [0.1, 0.15) is 11.6 Å². The van der Waals surface area contributed by atoms with Crippen LogP contribution in [0.3, 0.4) is 0 Å². The van der Waals surface area contributed by atoms with E-state index >= 15 is 0 Å². The molecule has 2 aliphatic rings. The maximum absolute atomic E-state index is 5.25. The molecule has 0 aliphatic carbocycles. The highest BCUT2D eigenvalue weighted by atomic mass is 32.2. The van der Waals surface area contributed by atoms with Crippen molar-refractivity contribution in [2.45, 2.75) is 25.7 Å². The van der Waals surface area contributed by atoms with Crippen LogP contribution in [0.25, 0.3) is 53.6 Å². The molecule has 0 bridgehead atoms. The number of aromatic nitrogens is 4. The van der Waals surface area contributed by atoms with E-state index in [4.69, 9.17) is 9.97 Å². The van der Waals surface area contributed by atoms with Crippen molar-refractivity contribution in [1.29, 1.82) is 0 Å². The molecule has 3 aromatic heterocycles. The number of imidazole rings is 2. The van der Waals surface area contributed by atoms with E-state index in [0.29, 0.717) is 0 Å². The molecule has 4 nitrogen and oxygen atoms in total. The summed E-state index contributed by atoms with van der Waals surface area (Å²) in [6, 6.07) is 20.4. The van der Waals surface area contributed by atoms with Crippen LogP contribution >= 0.6 is 23.1 Å². The Labute approximate surface area is 222 Å². The molecule has 0 spiro atoms. The van der Waals surface area contributed by atoms with Crippen molar-refractivity contribution in [2.24, 2.45) is 0 Å². The van der Waals surface area contributed by atoms with Gasteiger partial charge in [0.2, 0.25) is 0 Å². The summed E-state index contributed by atoms with van der Waals surface area (Å²) in [5, 5.41) is 2.59. The summed E-state index contributed by atoms with van der Waals surface area (Å²) in [4.78, 5) is 11.7. The van der Waals surface area contributed by atoms with Crippen molar-refractivity contribution in [3.8, 4) is 11.4 Å². The Hall–Kier alpha value is -3.55. The van der Waals surface area contributed by atoms with E-state index in [-0.39, 0.29) is 6.71 Å². The number of hydrogen-bond donors (Lipinski definition) is 0. The second-order valence-corrected chi connectivity index (χ2v) is 12.2. The monoisotopic (exact) mass is 512 g/mol. The highest BCUT2D eigenvalue weighted by molar-refractivity contribution is 7.98. The van der Waals surface area contributed by atoms with E-state index in [9.17, 15) is 0 Å². The number of nitrogens with zero attached hydrogens (tertiary/aromatic N) is 4. The Morgan fingerprint density at radius 2 is 1.46 bits per heavy atom. The summed E-state index contributed by atoms with van der Waals surface area (Å²) in [7, 11) is 0. The average molecular weight is 512 g/mol. The molecule has 0 atom stereocenters. The van der Waals surface area contributed by atoms with Crippen molar-refractivity contribution in [3.63, 3.8) is 0 Å². The largest absolute Gasteiger partial charge is 0.297 e. The van der Waals surface area contributed by atoms with Gasteiger partial charge in [0, 0.05) is 36.4 Å². The zero-order valence-electron chi connectivity index (χ0n) is 20.9. The summed E-state index contributed by atoms with van der Waals surface area (Å²) in [5.41, 5.74) is 12.6. The van der Waals surface area contributed by atoms with Crippen LogP contribution in [0.1, 0.15) is 17.2 Å². The summed E-state index contributed by atoms with van der Waals surface area (Å²) in [6.45, 7) is 6.65. The number of fused-ring (bicyclic) bond motifs is 8. The fraction of sp³-hybridized carbons (Fsp3) is 0.133. The number of hydrogen-bond acceptors (Lipinski definition) is 4. The fourth-order valence-corrected chi connectivity index (χ4v) is 8.84. The maximum Gasteiger partial charge on any atom is 0.252 e. The first kappa shape index (κ1) is 20.5. The molecule has 0 amide bonds. The smallest absolute Gasteiger partial charge is 0.252 e. The van der Waals surface area contributed by atoms with Gasteiger partial charge < -0.3 is 0 Å². The second-order valence-electron chi connectivity index (χ2n) is 10.3. The van der Waals surface area contributed by atoms with Crippen LogP contribution in [0.5, 0.6) is 0 Å². The lowest BCUT2D eigenvalue weighted by Gasteiger charge is -2.33. The molecule has 0 fully saturated rings. The van der Waals surface area contributed by atoms with Crippen LogP contribution in [-0.4, -0.2) is 32.1 Å². The standard InChI is InChI=1S/C30H21BN4S2/c1-14-23(36-4)12-18-29-27(14)32-15(2)34(29)20-9-7-10-21-26(20)31(18)19-13-24-25(17-8-5-6-11-22(17)37-24)28-30(19)35(21)16(3)33-28/h5-13H,1-4H3. The van der Waals surface area contributed by atoms with Gasteiger partial charge in [-0.15, -0.1) is 23.1 Å².